The summed E-state index contributed by atoms with van der Waals surface area (Å²) in [5, 5.41) is 8.43. The molecular formula is C14H26N3O6+. The van der Waals surface area contributed by atoms with Crippen LogP contribution in [0, 0.1) is 11.3 Å². The van der Waals surface area contributed by atoms with Crippen LogP contribution in [0.25, 0.3) is 0 Å². The number of hydrogen-bond donors (Lipinski definition) is 1. The van der Waals surface area contributed by atoms with Crippen LogP contribution in [-0.2, 0) is 24.0 Å². The van der Waals surface area contributed by atoms with E-state index < -0.39 is 34.6 Å². The summed E-state index contributed by atoms with van der Waals surface area (Å²) in [6.07, 6.45) is 0.425. The zero-order valence-corrected chi connectivity index (χ0v) is 14.5. The molecule has 0 saturated heterocycles. The Bertz CT molecular complexity index is 461. The summed E-state index contributed by atoms with van der Waals surface area (Å²) in [5.41, 5.74) is 0. The van der Waals surface area contributed by atoms with Crippen molar-refractivity contribution in [1.29, 1.82) is 5.41 Å². The molecule has 23 heavy (non-hydrogen) atoms. The van der Waals surface area contributed by atoms with E-state index in [0.29, 0.717) is 11.5 Å². The van der Waals surface area contributed by atoms with E-state index >= 15 is 0 Å². The van der Waals surface area contributed by atoms with E-state index in [9.17, 15) is 14.4 Å². The predicted octanol–water partition coefficient (Wildman–Crippen LogP) is 1.83. The van der Waals surface area contributed by atoms with Gasteiger partial charge in [-0.2, -0.15) is 0 Å². The molecule has 9 heteroatoms. The highest BCUT2D eigenvalue weighted by Crippen LogP contribution is 2.11. The molecule has 0 aromatic rings. The Hall–Kier alpha value is -2.16. The van der Waals surface area contributed by atoms with Crippen LogP contribution in [0.5, 0.6) is 0 Å². The molecule has 0 unspecified atom stereocenters. The Morgan fingerprint density at radius 2 is 1.78 bits per heavy atom. The number of carbonyl (C=O) groups excluding carboxylic acids is 3. The first-order valence-electron chi connectivity index (χ1n) is 7.34. The number of unbranched alkanes of at least 4 members (excludes halogenated alkanes) is 1. The van der Waals surface area contributed by atoms with Gasteiger partial charge in [-0.3, -0.25) is 4.84 Å². The standard InChI is InChI=1S/C14H26N3O6/c1-7-8-9-21-14(20)16(22-12(19)10(2)3)13(15)17(5,6)23-11(4)18/h10,15H,7-9H2,1-6H3/q+1. The molecule has 0 heterocycles. The van der Waals surface area contributed by atoms with Gasteiger partial charge in [0.15, 0.2) is 0 Å². The summed E-state index contributed by atoms with van der Waals surface area (Å²) >= 11 is 0. The van der Waals surface area contributed by atoms with Gasteiger partial charge in [0.2, 0.25) is 0 Å². The fourth-order valence-electron chi connectivity index (χ4n) is 1.31. The van der Waals surface area contributed by atoms with E-state index in [4.69, 9.17) is 19.8 Å². The second kappa shape index (κ2) is 9.09. The lowest BCUT2D eigenvalue weighted by molar-refractivity contribution is -0.991. The van der Waals surface area contributed by atoms with Crippen LogP contribution in [0.4, 0.5) is 4.79 Å². The van der Waals surface area contributed by atoms with Crippen LogP contribution >= 0.6 is 0 Å². The number of guanidine groups is 1. The van der Waals surface area contributed by atoms with Crippen molar-refractivity contribution in [3.63, 3.8) is 0 Å². The van der Waals surface area contributed by atoms with E-state index in [1.807, 2.05) is 6.92 Å². The third kappa shape index (κ3) is 7.09. The van der Waals surface area contributed by atoms with Crippen molar-refractivity contribution in [1.82, 2.24) is 5.06 Å². The zero-order chi connectivity index (χ0) is 18.2. The number of nitrogens with zero attached hydrogens (tertiary/aromatic N) is 2. The molecule has 0 aliphatic heterocycles. The molecule has 0 aromatic heterocycles. The molecule has 0 radical (unpaired) electrons. The lowest BCUT2D eigenvalue weighted by Crippen LogP contribution is -2.56. The van der Waals surface area contributed by atoms with Crippen molar-refractivity contribution >= 4 is 24.0 Å². The fourth-order valence-corrected chi connectivity index (χ4v) is 1.31. The zero-order valence-electron chi connectivity index (χ0n) is 14.5. The largest absolute Gasteiger partial charge is 0.454 e. The molecule has 0 aromatic carbocycles. The Labute approximate surface area is 136 Å². The molecule has 132 valence electrons. The maximum Gasteiger partial charge on any atom is 0.454 e. The van der Waals surface area contributed by atoms with Crippen molar-refractivity contribution in [2.24, 2.45) is 5.92 Å². The Morgan fingerprint density at radius 3 is 2.22 bits per heavy atom. The lowest BCUT2D eigenvalue weighted by Gasteiger charge is -2.29. The average Bonchev–Trinajstić information content (AvgIpc) is 2.42. The van der Waals surface area contributed by atoms with E-state index in [1.165, 1.54) is 14.1 Å². The Morgan fingerprint density at radius 1 is 1.22 bits per heavy atom. The summed E-state index contributed by atoms with van der Waals surface area (Å²) in [6, 6.07) is 0. The maximum absolute atomic E-state index is 12.1. The molecule has 9 nitrogen and oxygen atoms in total. The highest BCUT2D eigenvalue weighted by atomic mass is 16.8. The molecular weight excluding hydrogens is 306 g/mol. The molecule has 0 fully saturated rings. The lowest BCUT2D eigenvalue weighted by atomic mass is 10.2. The predicted molar refractivity (Wildman–Crippen MR) is 80.6 cm³/mol. The average molecular weight is 332 g/mol. The van der Waals surface area contributed by atoms with Crippen molar-refractivity contribution < 1.29 is 33.4 Å². The topological polar surface area (TPSA) is 106 Å². The number of quaternary nitrogens is 1. The van der Waals surface area contributed by atoms with Crippen LogP contribution < -0.4 is 0 Å². The SMILES string of the molecule is CCCCOC(=O)N(OC(=O)C(C)C)C(=N)[N+](C)(C)OC(C)=O. The first-order chi connectivity index (χ1) is 10.5. The molecule has 0 aliphatic rings. The molecule has 0 rings (SSSR count). The van der Waals surface area contributed by atoms with E-state index in [2.05, 4.69) is 0 Å². The van der Waals surface area contributed by atoms with Gasteiger partial charge in [0.25, 0.3) is 0 Å². The highest BCUT2D eigenvalue weighted by Gasteiger charge is 2.40. The minimum atomic E-state index is -1.02. The van der Waals surface area contributed by atoms with Gasteiger partial charge in [-0.05, 0) is 11.5 Å². The fraction of sp³-hybridized carbons (Fsp3) is 0.714. The number of nitrogens with one attached hydrogen (secondary N) is 1. The summed E-state index contributed by atoms with van der Waals surface area (Å²) in [6.45, 7) is 6.38. The minimum absolute atomic E-state index is 0.124. The molecule has 0 bridgehead atoms. The van der Waals surface area contributed by atoms with Crippen LogP contribution in [0.3, 0.4) is 0 Å². The van der Waals surface area contributed by atoms with Crippen molar-refractivity contribution in [3.8, 4) is 0 Å². The van der Waals surface area contributed by atoms with Gasteiger partial charge in [-0.15, -0.1) is 0 Å². The smallest absolute Gasteiger partial charge is 0.447 e. The molecule has 0 atom stereocenters. The summed E-state index contributed by atoms with van der Waals surface area (Å²) in [5.74, 6) is -2.46. The first kappa shape index (κ1) is 20.8. The maximum atomic E-state index is 12.1. The van der Waals surface area contributed by atoms with Crippen LogP contribution in [0.2, 0.25) is 0 Å². The summed E-state index contributed by atoms with van der Waals surface area (Å²) in [4.78, 5) is 44.8. The first-order valence-corrected chi connectivity index (χ1v) is 7.34. The second-order valence-corrected chi connectivity index (χ2v) is 5.58. The number of hydrogen-bond acceptors (Lipinski definition) is 7. The third-order valence-corrected chi connectivity index (χ3v) is 2.60. The summed E-state index contributed by atoms with van der Waals surface area (Å²) in [7, 11) is 2.69. The molecule has 0 saturated carbocycles. The van der Waals surface area contributed by atoms with Crippen LogP contribution in [0.1, 0.15) is 40.5 Å². The van der Waals surface area contributed by atoms with Gasteiger partial charge in [0, 0.05) is 6.92 Å². The van der Waals surface area contributed by atoms with E-state index in [-0.39, 0.29) is 6.61 Å². The number of rotatable bonds is 4. The van der Waals surface area contributed by atoms with Gasteiger partial charge in [0.05, 0.1) is 12.5 Å². The number of amides is 1. The molecule has 0 spiro atoms. The highest BCUT2D eigenvalue weighted by molar-refractivity contribution is 5.89. The van der Waals surface area contributed by atoms with Gasteiger partial charge in [-0.1, -0.05) is 31.8 Å². The molecule has 0 aliphatic carbocycles. The molecule has 1 N–H and O–H groups in total. The van der Waals surface area contributed by atoms with Crippen molar-refractivity contribution in [2.75, 3.05) is 20.7 Å². The quantitative estimate of drug-likeness (QED) is 0.277. The van der Waals surface area contributed by atoms with E-state index in [0.717, 1.165) is 13.3 Å². The van der Waals surface area contributed by atoms with Gasteiger partial charge in [-0.25, -0.2) is 19.8 Å². The normalized spacial score (nSPS) is 10.9. The Kier molecular flexibility index (Phi) is 8.23. The van der Waals surface area contributed by atoms with E-state index in [1.54, 1.807) is 13.8 Å². The van der Waals surface area contributed by atoms with Gasteiger partial charge >= 0.3 is 24.0 Å². The monoisotopic (exact) mass is 332 g/mol. The number of carbonyl (C=O) groups is 3. The van der Waals surface area contributed by atoms with Crippen LogP contribution in [-0.4, -0.2) is 54.4 Å². The Balaban J connectivity index is 5.24. The van der Waals surface area contributed by atoms with Crippen molar-refractivity contribution in [2.45, 2.75) is 40.5 Å². The summed E-state index contributed by atoms with van der Waals surface area (Å²) < 4.78 is 4.22. The second-order valence-electron chi connectivity index (χ2n) is 5.58. The van der Waals surface area contributed by atoms with Crippen LogP contribution in [0.15, 0.2) is 0 Å². The minimum Gasteiger partial charge on any atom is -0.447 e. The van der Waals surface area contributed by atoms with Gasteiger partial charge in [0.1, 0.15) is 14.1 Å². The van der Waals surface area contributed by atoms with Crippen molar-refractivity contribution in [3.05, 3.63) is 0 Å². The number of hydroxylamine groups is 5. The number of ether oxygens (including phenoxy) is 1. The third-order valence-electron chi connectivity index (χ3n) is 2.60. The molecule has 1 amide bonds. The van der Waals surface area contributed by atoms with Gasteiger partial charge < -0.3 is 9.57 Å².